The van der Waals surface area contributed by atoms with Crippen LogP contribution < -0.4 is 0 Å². The lowest BCUT2D eigenvalue weighted by atomic mass is 10.4. The molecule has 0 saturated carbocycles. The van der Waals surface area contributed by atoms with Crippen LogP contribution in [0.15, 0.2) is 14.1 Å². The van der Waals surface area contributed by atoms with Gasteiger partial charge in [-0.3, -0.25) is 0 Å². The molecule has 0 N–H and O–H groups in total. The summed E-state index contributed by atoms with van der Waals surface area (Å²) in [5.41, 5.74) is 0. The summed E-state index contributed by atoms with van der Waals surface area (Å²) >= 11 is 10.3. The highest BCUT2D eigenvalue weighted by molar-refractivity contribution is 9.11. The molecule has 0 spiro atoms. The van der Waals surface area contributed by atoms with Gasteiger partial charge < -0.3 is 4.90 Å². The van der Waals surface area contributed by atoms with Gasteiger partial charge in [0.25, 0.3) is 10.0 Å². The zero-order valence-electron chi connectivity index (χ0n) is 11.2. The van der Waals surface area contributed by atoms with Crippen LogP contribution in [0.2, 0.25) is 5.02 Å². The molecule has 1 aromatic rings. The predicted molar refractivity (Wildman–Crippen MR) is 84.6 cm³/mol. The fourth-order valence-corrected chi connectivity index (χ4v) is 5.63. The molecule has 110 valence electrons. The van der Waals surface area contributed by atoms with E-state index in [1.165, 1.54) is 10.4 Å². The number of rotatable bonds is 7. The molecule has 0 unspecified atom stereocenters. The number of hydrogen-bond acceptors (Lipinski definition) is 4. The quantitative estimate of drug-likeness (QED) is 0.719. The fourth-order valence-electron chi connectivity index (χ4n) is 1.59. The third kappa shape index (κ3) is 4.68. The van der Waals surface area contributed by atoms with Gasteiger partial charge in [0.2, 0.25) is 0 Å². The molecule has 0 fully saturated rings. The van der Waals surface area contributed by atoms with Crippen molar-refractivity contribution in [1.29, 1.82) is 0 Å². The Bertz CT molecular complexity index is 497. The summed E-state index contributed by atoms with van der Waals surface area (Å²) in [6, 6.07) is 1.50. The van der Waals surface area contributed by atoms with E-state index in [2.05, 4.69) is 15.9 Å². The zero-order valence-corrected chi connectivity index (χ0v) is 15.2. The summed E-state index contributed by atoms with van der Waals surface area (Å²) in [6.07, 6.45) is 0.806. The first-order valence-corrected chi connectivity index (χ1v) is 9.31. The minimum Gasteiger partial charge on any atom is -0.309 e. The van der Waals surface area contributed by atoms with Gasteiger partial charge in [-0.15, -0.1) is 11.3 Å². The molecule has 0 radical (unpaired) electrons. The third-order valence-electron chi connectivity index (χ3n) is 2.58. The van der Waals surface area contributed by atoms with E-state index < -0.39 is 10.0 Å². The van der Waals surface area contributed by atoms with Gasteiger partial charge in [0.1, 0.15) is 4.21 Å². The van der Waals surface area contributed by atoms with Gasteiger partial charge in [-0.25, -0.2) is 8.42 Å². The summed E-state index contributed by atoms with van der Waals surface area (Å²) in [5.74, 6) is 0. The van der Waals surface area contributed by atoms with Crippen molar-refractivity contribution in [3.05, 3.63) is 14.9 Å². The highest BCUT2D eigenvalue weighted by Gasteiger charge is 2.25. The first-order chi connectivity index (χ1) is 8.78. The van der Waals surface area contributed by atoms with Gasteiger partial charge in [0.15, 0.2) is 0 Å². The molecule has 8 heteroatoms. The lowest BCUT2D eigenvalue weighted by molar-refractivity contribution is 0.356. The average molecular weight is 390 g/mol. The second-order valence-electron chi connectivity index (χ2n) is 4.34. The van der Waals surface area contributed by atoms with Gasteiger partial charge in [-0.2, -0.15) is 4.31 Å². The normalized spacial score (nSPS) is 12.6. The monoisotopic (exact) mass is 388 g/mol. The molecule has 0 bridgehead atoms. The van der Waals surface area contributed by atoms with Crippen molar-refractivity contribution in [1.82, 2.24) is 9.21 Å². The minimum atomic E-state index is -3.43. The Morgan fingerprint density at radius 2 is 2.00 bits per heavy atom. The van der Waals surface area contributed by atoms with Crippen molar-refractivity contribution in [2.45, 2.75) is 17.6 Å². The molecular formula is C11H18BrClN2O2S2. The summed E-state index contributed by atoms with van der Waals surface area (Å²) in [4.78, 5) is 2.04. The zero-order chi connectivity index (χ0) is 14.6. The Morgan fingerprint density at radius 1 is 1.37 bits per heavy atom. The van der Waals surface area contributed by atoms with Crippen LogP contribution in [-0.4, -0.2) is 51.4 Å². The van der Waals surface area contributed by atoms with Gasteiger partial charge >= 0.3 is 0 Å². The molecule has 1 rings (SSSR count). The van der Waals surface area contributed by atoms with Crippen molar-refractivity contribution in [2.24, 2.45) is 0 Å². The summed E-state index contributed by atoms with van der Waals surface area (Å²) < 4.78 is 27.3. The Kier molecular flexibility index (Phi) is 6.75. The van der Waals surface area contributed by atoms with E-state index >= 15 is 0 Å². The maximum Gasteiger partial charge on any atom is 0.252 e. The number of thiophene rings is 1. The summed E-state index contributed by atoms with van der Waals surface area (Å²) in [6.45, 7) is 3.69. The van der Waals surface area contributed by atoms with Crippen LogP contribution in [0.4, 0.5) is 0 Å². The molecule has 0 saturated heterocycles. The smallest absolute Gasteiger partial charge is 0.252 e. The van der Waals surface area contributed by atoms with E-state index in [1.807, 2.05) is 25.9 Å². The van der Waals surface area contributed by atoms with E-state index in [9.17, 15) is 8.42 Å². The van der Waals surface area contributed by atoms with Crippen LogP contribution >= 0.6 is 38.9 Å². The van der Waals surface area contributed by atoms with E-state index in [1.54, 1.807) is 0 Å². The van der Waals surface area contributed by atoms with Gasteiger partial charge in [-0.05, 0) is 49.1 Å². The molecule has 0 aliphatic carbocycles. The SMILES string of the molecule is CCN(CCCN(C)C)S(=O)(=O)c1cc(Cl)c(Br)s1. The summed E-state index contributed by atoms with van der Waals surface area (Å²) in [7, 11) is 0.514. The van der Waals surface area contributed by atoms with E-state index in [4.69, 9.17) is 11.6 Å². The van der Waals surface area contributed by atoms with Crippen molar-refractivity contribution in [3.63, 3.8) is 0 Å². The first-order valence-electron chi connectivity index (χ1n) is 5.88. The van der Waals surface area contributed by atoms with E-state index in [0.29, 0.717) is 21.9 Å². The number of halogens is 2. The molecule has 0 aliphatic heterocycles. The largest absolute Gasteiger partial charge is 0.309 e. The predicted octanol–water partition coefficient (Wildman–Crippen LogP) is 3.13. The lowest BCUT2D eigenvalue weighted by Crippen LogP contribution is -2.32. The van der Waals surface area contributed by atoms with Crippen molar-refractivity contribution < 1.29 is 8.42 Å². The standard InChI is InChI=1S/C11H18BrClN2O2S2/c1-4-15(7-5-6-14(2)3)19(16,17)10-8-9(13)11(12)18-10/h8H,4-7H2,1-3H3. The molecule has 4 nitrogen and oxygen atoms in total. The molecule has 0 aliphatic rings. The lowest BCUT2D eigenvalue weighted by Gasteiger charge is -2.20. The van der Waals surface area contributed by atoms with Crippen molar-refractivity contribution >= 4 is 48.9 Å². The topological polar surface area (TPSA) is 40.6 Å². The maximum absolute atomic E-state index is 12.4. The Balaban J connectivity index is 2.83. The number of nitrogens with zero attached hydrogens (tertiary/aromatic N) is 2. The highest BCUT2D eigenvalue weighted by Crippen LogP contribution is 2.35. The van der Waals surface area contributed by atoms with Crippen LogP contribution in [-0.2, 0) is 10.0 Å². The summed E-state index contributed by atoms with van der Waals surface area (Å²) in [5, 5.41) is 0.438. The highest BCUT2D eigenvalue weighted by atomic mass is 79.9. The van der Waals surface area contributed by atoms with Gasteiger partial charge in [-0.1, -0.05) is 18.5 Å². The van der Waals surface area contributed by atoms with Crippen LogP contribution in [0.1, 0.15) is 13.3 Å². The Hall–Kier alpha value is 0.340. The van der Waals surface area contributed by atoms with Gasteiger partial charge in [0, 0.05) is 13.1 Å². The van der Waals surface area contributed by atoms with Crippen LogP contribution in [0.5, 0.6) is 0 Å². The molecule has 1 aromatic heterocycles. The van der Waals surface area contributed by atoms with Crippen molar-refractivity contribution in [3.8, 4) is 0 Å². The average Bonchev–Trinajstić information content (AvgIpc) is 2.65. The molecule has 0 aromatic carbocycles. The van der Waals surface area contributed by atoms with E-state index in [0.717, 1.165) is 24.3 Å². The fraction of sp³-hybridized carbons (Fsp3) is 0.636. The van der Waals surface area contributed by atoms with Crippen molar-refractivity contribution in [2.75, 3.05) is 33.7 Å². The second-order valence-corrected chi connectivity index (χ2v) is 9.28. The molecule has 1 heterocycles. The Morgan fingerprint density at radius 3 is 2.42 bits per heavy atom. The first kappa shape index (κ1) is 17.4. The molecule has 19 heavy (non-hydrogen) atoms. The number of hydrogen-bond donors (Lipinski definition) is 0. The van der Waals surface area contributed by atoms with Gasteiger partial charge in [0.05, 0.1) is 8.81 Å². The molecule has 0 atom stereocenters. The van der Waals surface area contributed by atoms with Crippen LogP contribution in [0, 0.1) is 0 Å². The maximum atomic E-state index is 12.4. The Labute approximate surface area is 132 Å². The third-order valence-corrected chi connectivity index (χ3v) is 7.48. The molecule has 0 amide bonds. The second kappa shape index (κ2) is 7.38. The minimum absolute atomic E-state index is 0.288. The van der Waals surface area contributed by atoms with Crippen LogP contribution in [0.3, 0.4) is 0 Å². The molecular weight excluding hydrogens is 372 g/mol. The number of sulfonamides is 1. The van der Waals surface area contributed by atoms with E-state index in [-0.39, 0.29) is 4.21 Å². The van der Waals surface area contributed by atoms with Crippen LogP contribution in [0.25, 0.3) is 0 Å².